The van der Waals surface area contributed by atoms with E-state index in [0.717, 1.165) is 0 Å². The molecule has 1 N–H and O–H groups in total. The minimum atomic E-state index is -1.32. The molecule has 0 aliphatic carbocycles. The molecule has 1 aromatic carbocycles. The van der Waals surface area contributed by atoms with Crippen LogP contribution >= 0.6 is 0 Å². The van der Waals surface area contributed by atoms with Gasteiger partial charge in [0.05, 0.1) is 18.8 Å². The van der Waals surface area contributed by atoms with Crippen LogP contribution in [0.1, 0.15) is 16.8 Å². The predicted octanol–water partition coefficient (Wildman–Crippen LogP) is 1.93. The van der Waals surface area contributed by atoms with Gasteiger partial charge in [0.1, 0.15) is 0 Å². The molecule has 0 spiro atoms. The number of carboxylic acid groups (broad SMARTS) is 1. The summed E-state index contributed by atoms with van der Waals surface area (Å²) < 4.78 is 9.15. The summed E-state index contributed by atoms with van der Waals surface area (Å²) in [4.78, 5) is 21.4. The third-order valence-corrected chi connectivity index (χ3v) is 1.76. The van der Waals surface area contributed by atoms with Crippen molar-refractivity contribution in [1.29, 1.82) is 0 Å². The third kappa shape index (κ3) is 4.45. The van der Waals surface area contributed by atoms with Gasteiger partial charge in [0.2, 0.25) is 0 Å². The molecule has 0 bridgehead atoms. The van der Waals surface area contributed by atoms with Crippen molar-refractivity contribution in [3.63, 3.8) is 0 Å². The molecule has 86 valence electrons. The second kappa shape index (κ2) is 6.44. The Morgan fingerprint density at radius 3 is 2.31 bits per heavy atom. The van der Waals surface area contributed by atoms with E-state index in [1.165, 1.54) is 0 Å². The van der Waals surface area contributed by atoms with Crippen LogP contribution in [-0.4, -0.2) is 30.4 Å². The zero-order valence-corrected chi connectivity index (χ0v) is 8.59. The Bertz CT molecular complexity index is 347. The van der Waals surface area contributed by atoms with Crippen LogP contribution in [0.3, 0.4) is 0 Å². The quantitative estimate of drug-likeness (QED) is 0.611. The van der Waals surface area contributed by atoms with Crippen molar-refractivity contribution in [2.45, 2.75) is 6.42 Å². The van der Waals surface area contributed by atoms with Gasteiger partial charge in [-0.25, -0.2) is 9.59 Å². The van der Waals surface area contributed by atoms with Gasteiger partial charge in [0, 0.05) is 6.42 Å². The van der Waals surface area contributed by atoms with Crippen LogP contribution in [0.25, 0.3) is 0 Å². The Balaban J connectivity index is 2.19. The van der Waals surface area contributed by atoms with Gasteiger partial charge >= 0.3 is 12.1 Å². The molecule has 1 rings (SSSR count). The fourth-order valence-electron chi connectivity index (χ4n) is 1.04. The number of ether oxygens (including phenoxy) is 2. The van der Waals surface area contributed by atoms with E-state index in [2.05, 4.69) is 4.74 Å². The van der Waals surface area contributed by atoms with Crippen LogP contribution in [-0.2, 0) is 9.47 Å². The van der Waals surface area contributed by atoms with Crippen LogP contribution in [0.15, 0.2) is 30.3 Å². The molecule has 0 atom stereocenters. The molecule has 0 aliphatic heterocycles. The molecule has 5 nitrogen and oxygen atoms in total. The molecule has 1 aromatic rings. The second-order valence-corrected chi connectivity index (χ2v) is 2.97. The minimum absolute atomic E-state index is 0.0252. The highest BCUT2D eigenvalue weighted by Gasteiger charge is 2.05. The van der Waals surface area contributed by atoms with E-state index in [0.29, 0.717) is 12.0 Å². The summed E-state index contributed by atoms with van der Waals surface area (Å²) in [6, 6.07) is 8.58. The van der Waals surface area contributed by atoms with Gasteiger partial charge in [0.25, 0.3) is 0 Å². The van der Waals surface area contributed by atoms with E-state index in [1.54, 1.807) is 30.3 Å². The Kier molecular flexibility index (Phi) is 4.85. The lowest BCUT2D eigenvalue weighted by atomic mass is 10.2. The van der Waals surface area contributed by atoms with Gasteiger partial charge in [0.15, 0.2) is 0 Å². The van der Waals surface area contributed by atoms with Crippen LogP contribution in [0, 0.1) is 0 Å². The van der Waals surface area contributed by atoms with Crippen molar-refractivity contribution >= 4 is 12.1 Å². The number of carbonyl (C=O) groups excluding carboxylic acids is 1. The first kappa shape index (κ1) is 12.0. The smallest absolute Gasteiger partial charge is 0.462 e. The molecule has 0 saturated heterocycles. The van der Waals surface area contributed by atoms with E-state index < -0.39 is 12.1 Å². The second-order valence-electron chi connectivity index (χ2n) is 2.97. The van der Waals surface area contributed by atoms with Crippen molar-refractivity contribution in [3.05, 3.63) is 35.9 Å². The molecule has 0 amide bonds. The lowest BCUT2D eigenvalue weighted by Gasteiger charge is -2.04. The van der Waals surface area contributed by atoms with Gasteiger partial charge in [-0.3, -0.25) is 0 Å². The lowest BCUT2D eigenvalue weighted by Crippen LogP contribution is -2.09. The summed E-state index contributed by atoms with van der Waals surface area (Å²) in [5.74, 6) is -0.420. The van der Waals surface area contributed by atoms with Crippen molar-refractivity contribution < 1.29 is 24.2 Å². The number of rotatable bonds is 5. The molecule has 0 unspecified atom stereocenters. The first-order valence-corrected chi connectivity index (χ1v) is 4.78. The largest absolute Gasteiger partial charge is 0.505 e. The van der Waals surface area contributed by atoms with E-state index in [4.69, 9.17) is 9.84 Å². The van der Waals surface area contributed by atoms with Crippen molar-refractivity contribution in [2.75, 3.05) is 13.2 Å². The van der Waals surface area contributed by atoms with Crippen LogP contribution in [0.4, 0.5) is 4.79 Å². The van der Waals surface area contributed by atoms with E-state index in [1.807, 2.05) is 0 Å². The SMILES string of the molecule is O=C(O)OCCCOC(=O)c1ccccc1. The summed E-state index contributed by atoms with van der Waals surface area (Å²) in [7, 11) is 0. The summed E-state index contributed by atoms with van der Waals surface area (Å²) in [6.45, 7) is 0.165. The standard InChI is InChI=1S/C11H12O5/c12-10(9-5-2-1-3-6-9)15-7-4-8-16-11(13)14/h1-3,5-6H,4,7-8H2,(H,13,14). The molecular weight excluding hydrogens is 212 g/mol. The topological polar surface area (TPSA) is 72.8 Å². The van der Waals surface area contributed by atoms with Gasteiger partial charge in [-0.05, 0) is 12.1 Å². The van der Waals surface area contributed by atoms with Crippen molar-refractivity contribution in [2.24, 2.45) is 0 Å². The van der Waals surface area contributed by atoms with Crippen molar-refractivity contribution in [3.8, 4) is 0 Å². The highest BCUT2D eigenvalue weighted by Crippen LogP contribution is 2.01. The van der Waals surface area contributed by atoms with Crippen LogP contribution in [0.2, 0.25) is 0 Å². The molecule has 0 aliphatic rings. The molecular formula is C11H12O5. The highest BCUT2D eigenvalue weighted by molar-refractivity contribution is 5.89. The molecule has 0 heterocycles. The molecule has 5 heteroatoms. The zero-order chi connectivity index (χ0) is 11.8. The molecule has 0 saturated carbocycles. The summed E-state index contributed by atoms with van der Waals surface area (Å²) in [5, 5.41) is 8.17. The Morgan fingerprint density at radius 2 is 1.69 bits per heavy atom. The van der Waals surface area contributed by atoms with Gasteiger partial charge in [-0.1, -0.05) is 18.2 Å². The van der Waals surface area contributed by atoms with Crippen LogP contribution in [0.5, 0.6) is 0 Å². The van der Waals surface area contributed by atoms with E-state index in [-0.39, 0.29) is 13.2 Å². The molecule has 16 heavy (non-hydrogen) atoms. The number of hydrogen-bond donors (Lipinski definition) is 1. The first-order valence-electron chi connectivity index (χ1n) is 4.78. The predicted molar refractivity (Wildman–Crippen MR) is 55.3 cm³/mol. The highest BCUT2D eigenvalue weighted by atomic mass is 16.7. The van der Waals surface area contributed by atoms with Gasteiger partial charge in [-0.2, -0.15) is 0 Å². The number of hydrogen-bond acceptors (Lipinski definition) is 4. The summed E-state index contributed by atoms with van der Waals surface area (Å²) >= 11 is 0. The molecule has 0 fully saturated rings. The van der Waals surface area contributed by atoms with E-state index >= 15 is 0 Å². The van der Waals surface area contributed by atoms with Crippen LogP contribution < -0.4 is 0 Å². The van der Waals surface area contributed by atoms with Gasteiger partial charge in [-0.15, -0.1) is 0 Å². The fraction of sp³-hybridized carbons (Fsp3) is 0.273. The summed E-state index contributed by atoms with van der Waals surface area (Å²) in [5.41, 5.74) is 0.474. The maximum atomic E-state index is 11.4. The Hall–Kier alpha value is -2.04. The Morgan fingerprint density at radius 1 is 1.06 bits per heavy atom. The monoisotopic (exact) mass is 224 g/mol. The maximum absolute atomic E-state index is 11.4. The summed E-state index contributed by atoms with van der Waals surface area (Å²) in [6.07, 6.45) is -0.973. The molecule has 0 aromatic heterocycles. The van der Waals surface area contributed by atoms with Crippen molar-refractivity contribution in [1.82, 2.24) is 0 Å². The Labute approximate surface area is 92.6 Å². The van der Waals surface area contributed by atoms with Gasteiger partial charge < -0.3 is 14.6 Å². The number of benzene rings is 1. The third-order valence-electron chi connectivity index (χ3n) is 1.76. The maximum Gasteiger partial charge on any atom is 0.505 e. The minimum Gasteiger partial charge on any atom is -0.462 e. The average Bonchev–Trinajstić information content (AvgIpc) is 2.29. The average molecular weight is 224 g/mol. The number of carbonyl (C=O) groups is 2. The normalized spacial score (nSPS) is 9.50. The van der Waals surface area contributed by atoms with E-state index in [9.17, 15) is 9.59 Å². The fourth-order valence-corrected chi connectivity index (χ4v) is 1.04. The zero-order valence-electron chi connectivity index (χ0n) is 8.59. The number of esters is 1. The first-order chi connectivity index (χ1) is 7.70. The lowest BCUT2D eigenvalue weighted by molar-refractivity contribution is 0.0452. The molecule has 0 radical (unpaired) electrons.